The van der Waals surface area contributed by atoms with E-state index in [-0.39, 0.29) is 12.6 Å². The molecular formula is C14H20N4O3S. The summed E-state index contributed by atoms with van der Waals surface area (Å²) >= 11 is 0. The van der Waals surface area contributed by atoms with E-state index in [2.05, 4.69) is 10.3 Å². The van der Waals surface area contributed by atoms with E-state index < -0.39 is 15.3 Å². The molecule has 2 fully saturated rings. The zero-order chi connectivity index (χ0) is 15.6. The second kappa shape index (κ2) is 6.21. The Morgan fingerprint density at radius 2 is 2.00 bits per heavy atom. The normalized spacial score (nSPS) is 22.9. The molecule has 0 aliphatic carbocycles. The molecule has 3 rings (SSSR count). The van der Waals surface area contributed by atoms with Gasteiger partial charge in [-0.15, -0.1) is 0 Å². The lowest BCUT2D eigenvalue weighted by atomic mass is 10.4. The minimum atomic E-state index is -3.28. The number of sulfonamides is 1. The molecule has 120 valence electrons. The zero-order valence-corrected chi connectivity index (χ0v) is 13.1. The molecule has 2 amide bonds. The largest absolute Gasteiger partial charge is 0.323 e. The van der Waals surface area contributed by atoms with Crippen molar-refractivity contribution < 1.29 is 13.2 Å². The van der Waals surface area contributed by atoms with Crippen LogP contribution >= 0.6 is 0 Å². The Labute approximate surface area is 130 Å². The van der Waals surface area contributed by atoms with Crippen molar-refractivity contribution in [3.63, 3.8) is 0 Å². The number of nitrogens with one attached hydrogen (secondary N) is 1. The van der Waals surface area contributed by atoms with Crippen LogP contribution in [0.1, 0.15) is 19.3 Å². The number of hydrogen-bond acceptors (Lipinski definition) is 4. The fraction of sp³-hybridized carbons (Fsp3) is 0.571. The van der Waals surface area contributed by atoms with Crippen LogP contribution in [0.5, 0.6) is 0 Å². The summed E-state index contributed by atoms with van der Waals surface area (Å²) in [5, 5.41) is 2.21. The molecule has 0 bridgehead atoms. The standard InChI is InChI=1S/C14H20N4O3S/c19-14(16-13-5-1-2-7-15-13)17-10-6-12(11-17)22(20,21)18-8-3-4-9-18/h1-2,5,7,12H,3-4,6,8-11H2,(H,15,16,19)/t12-/m0/s1. The first kappa shape index (κ1) is 15.2. The van der Waals surface area contributed by atoms with E-state index >= 15 is 0 Å². The van der Waals surface area contributed by atoms with Gasteiger partial charge >= 0.3 is 6.03 Å². The van der Waals surface area contributed by atoms with Gasteiger partial charge in [-0.05, 0) is 31.4 Å². The number of aromatic nitrogens is 1. The number of urea groups is 1. The molecule has 0 aromatic carbocycles. The van der Waals surface area contributed by atoms with Gasteiger partial charge in [0.15, 0.2) is 0 Å². The molecule has 1 N–H and O–H groups in total. The molecule has 0 radical (unpaired) electrons. The molecule has 22 heavy (non-hydrogen) atoms. The Hall–Kier alpha value is -1.67. The van der Waals surface area contributed by atoms with Gasteiger partial charge in [0, 0.05) is 32.4 Å². The summed E-state index contributed by atoms with van der Waals surface area (Å²) in [4.78, 5) is 17.8. The molecule has 0 saturated carbocycles. The maximum atomic E-state index is 12.5. The van der Waals surface area contributed by atoms with Gasteiger partial charge in [-0.25, -0.2) is 22.5 Å². The van der Waals surface area contributed by atoms with Crippen molar-refractivity contribution in [3.8, 4) is 0 Å². The Kier molecular flexibility index (Phi) is 4.30. The molecule has 3 heterocycles. The highest BCUT2D eigenvalue weighted by molar-refractivity contribution is 7.89. The Morgan fingerprint density at radius 3 is 2.68 bits per heavy atom. The average molecular weight is 324 g/mol. The van der Waals surface area contributed by atoms with Crippen molar-refractivity contribution in [3.05, 3.63) is 24.4 Å². The van der Waals surface area contributed by atoms with Crippen molar-refractivity contribution in [1.29, 1.82) is 0 Å². The fourth-order valence-electron chi connectivity index (χ4n) is 2.93. The quantitative estimate of drug-likeness (QED) is 0.903. The van der Waals surface area contributed by atoms with E-state index in [9.17, 15) is 13.2 Å². The van der Waals surface area contributed by atoms with E-state index in [1.54, 1.807) is 33.6 Å². The van der Waals surface area contributed by atoms with Gasteiger partial charge in [0.1, 0.15) is 5.82 Å². The van der Waals surface area contributed by atoms with Gasteiger partial charge in [-0.2, -0.15) is 0 Å². The SMILES string of the molecule is O=C(Nc1ccccn1)N1CC[C@H](S(=O)(=O)N2CCCC2)C1. The molecule has 7 nitrogen and oxygen atoms in total. The van der Waals surface area contributed by atoms with Gasteiger partial charge in [0.2, 0.25) is 10.0 Å². The summed E-state index contributed by atoms with van der Waals surface area (Å²) in [6.45, 7) is 1.92. The molecule has 1 aromatic rings. The zero-order valence-electron chi connectivity index (χ0n) is 12.3. The van der Waals surface area contributed by atoms with E-state index in [0.29, 0.717) is 31.9 Å². The molecule has 2 saturated heterocycles. The molecule has 1 aromatic heterocycles. The van der Waals surface area contributed by atoms with E-state index in [4.69, 9.17) is 0 Å². The monoisotopic (exact) mass is 324 g/mol. The highest BCUT2D eigenvalue weighted by atomic mass is 32.2. The predicted molar refractivity (Wildman–Crippen MR) is 83.0 cm³/mol. The van der Waals surface area contributed by atoms with E-state index in [1.165, 1.54) is 0 Å². The second-order valence-electron chi connectivity index (χ2n) is 5.65. The Morgan fingerprint density at radius 1 is 1.23 bits per heavy atom. The molecule has 0 unspecified atom stereocenters. The summed E-state index contributed by atoms with van der Waals surface area (Å²) in [5.41, 5.74) is 0. The van der Waals surface area contributed by atoms with Crippen LogP contribution in [0.25, 0.3) is 0 Å². The highest BCUT2D eigenvalue weighted by Crippen LogP contribution is 2.24. The number of anilines is 1. The van der Waals surface area contributed by atoms with Gasteiger partial charge in [0.25, 0.3) is 0 Å². The van der Waals surface area contributed by atoms with E-state index in [1.807, 2.05) is 0 Å². The Balaban J connectivity index is 1.61. The van der Waals surface area contributed by atoms with Crippen LogP contribution in [-0.2, 0) is 10.0 Å². The van der Waals surface area contributed by atoms with Crippen LogP contribution in [0.4, 0.5) is 10.6 Å². The van der Waals surface area contributed by atoms with Crippen LogP contribution in [0.15, 0.2) is 24.4 Å². The maximum Gasteiger partial charge on any atom is 0.323 e. The fourth-order valence-corrected chi connectivity index (χ4v) is 4.89. The number of likely N-dealkylation sites (tertiary alicyclic amines) is 1. The lowest BCUT2D eigenvalue weighted by Crippen LogP contribution is -2.40. The lowest BCUT2D eigenvalue weighted by Gasteiger charge is -2.21. The Bertz CT molecular complexity index is 629. The van der Waals surface area contributed by atoms with Crippen LogP contribution in [0.3, 0.4) is 0 Å². The van der Waals surface area contributed by atoms with Gasteiger partial charge in [-0.3, -0.25) is 5.32 Å². The number of pyridine rings is 1. The number of nitrogens with zero attached hydrogens (tertiary/aromatic N) is 3. The molecule has 2 aliphatic rings. The molecule has 8 heteroatoms. The number of amides is 2. The smallest absolute Gasteiger partial charge is 0.323 e. The minimum absolute atomic E-state index is 0.248. The first-order valence-corrected chi connectivity index (χ1v) is 9.03. The van der Waals surface area contributed by atoms with Gasteiger partial charge in [0.05, 0.1) is 5.25 Å². The lowest BCUT2D eigenvalue weighted by molar-refractivity contribution is 0.222. The van der Waals surface area contributed by atoms with Crippen LogP contribution in [0, 0.1) is 0 Å². The third-order valence-electron chi connectivity index (χ3n) is 4.18. The predicted octanol–water partition coefficient (Wildman–Crippen LogP) is 1.11. The van der Waals surface area contributed by atoms with Crippen molar-refractivity contribution >= 4 is 21.9 Å². The topological polar surface area (TPSA) is 82.6 Å². The van der Waals surface area contributed by atoms with Crippen LogP contribution in [0.2, 0.25) is 0 Å². The number of hydrogen-bond donors (Lipinski definition) is 1. The minimum Gasteiger partial charge on any atom is -0.323 e. The van der Waals surface area contributed by atoms with Crippen LogP contribution < -0.4 is 5.32 Å². The van der Waals surface area contributed by atoms with Crippen molar-refractivity contribution in [2.45, 2.75) is 24.5 Å². The highest BCUT2D eigenvalue weighted by Gasteiger charge is 2.39. The first-order valence-electron chi connectivity index (χ1n) is 7.53. The van der Waals surface area contributed by atoms with Gasteiger partial charge < -0.3 is 4.90 Å². The van der Waals surface area contributed by atoms with Gasteiger partial charge in [-0.1, -0.05) is 6.07 Å². The second-order valence-corrected chi connectivity index (χ2v) is 7.87. The van der Waals surface area contributed by atoms with Crippen molar-refractivity contribution in [1.82, 2.24) is 14.2 Å². The number of carbonyl (C=O) groups is 1. The number of rotatable bonds is 3. The maximum absolute atomic E-state index is 12.5. The molecular weight excluding hydrogens is 304 g/mol. The molecule has 1 atom stereocenters. The molecule has 0 spiro atoms. The summed E-state index contributed by atoms with van der Waals surface area (Å²) < 4.78 is 26.6. The third kappa shape index (κ3) is 3.07. The average Bonchev–Trinajstić information content (AvgIpc) is 3.20. The summed E-state index contributed by atoms with van der Waals surface area (Å²) in [7, 11) is -3.28. The van der Waals surface area contributed by atoms with Crippen molar-refractivity contribution in [2.75, 3.05) is 31.5 Å². The summed E-state index contributed by atoms with van der Waals surface area (Å²) in [5.74, 6) is 0.471. The first-order chi connectivity index (χ1) is 10.6. The van der Waals surface area contributed by atoms with E-state index in [0.717, 1.165) is 12.8 Å². The molecule has 2 aliphatic heterocycles. The summed E-state index contributed by atoms with van der Waals surface area (Å²) in [6, 6.07) is 4.96. The number of carbonyl (C=O) groups excluding carboxylic acids is 1. The summed E-state index contributed by atoms with van der Waals surface area (Å²) in [6.07, 6.45) is 3.94. The van der Waals surface area contributed by atoms with Crippen molar-refractivity contribution in [2.24, 2.45) is 0 Å². The van der Waals surface area contributed by atoms with Crippen LogP contribution in [-0.4, -0.2) is 60.1 Å². The third-order valence-corrected chi connectivity index (χ3v) is 6.49.